The molecule has 4 aliphatic carbocycles. The molecule has 6 atom stereocenters. The summed E-state index contributed by atoms with van der Waals surface area (Å²) >= 11 is 0. The van der Waals surface area contributed by atoms with Gasteiger partial charge in [-0.05, 0) is 92.7 Å². The highest BCUT2D eigenvalue weighted by Gasteiger charge is 2.65. The van der Waals surface area contributed by atoms with Crippen molar-refractivity contribution in [2.45, 2.75) is 83.1 Å². The van der Waals surface area contributed by atoms with Crippen molar-refractivity contribution in [3.05, 3.63) is 35.9 Å². The first kappa shape index (κ1) is 19.6. The molecular weight excluding hydrogens is 356 g/mol. The van der Waals surface area contributed by atoms with Crippen LogP contribution in [0.15, 0.2) is 30.3 Å². The molecular formula is C26H38N2O. The second-order valence-electron chi connectivity index (χ2n) is 11.2. The molecule has 0 aromatic heterocycles. The van der Waals surface area contributed by atoms with E-state index in [0.29, 0.717) is 29.2 Å². The largest absolute Gasteiger partial charge is 0.353 e. The third-order valence-electron chi connectivity index (χ3n) is 8.93. The van der Waals surface area contributed by atoms with Crippen LogP contribution in [0.3, 0.4) is 0 Å². The molecule has 1 aromatic carbocycles. The average Bonchev–Trinajstić information content (AvgIpc) is 2.69. The van der Waals surface area contributed by atoms with Crippen LogP contribution in [0.4, 0.5) is 0 Å². The topological polar surface area (TPSA) is 41.1 Å². The summed E-state index contributed by atoms with van der Waals surface area (Å²) in [4.78, 5) is 13.9. The van der Waals surface area contributed by atoms with E-state index in [1.54, 1.807) is 0 Å². The van der Waals surface area contributed by atoms with Gasteiger partial charge in [0.2, 0.25) is 5.91 Å². The minimum Gasteiger partial charge on any atom is -0.353 e. The molecule has 0 spiro atoms. The quantitative estimate of drug-likeness (QED) is 0.752. The SMILES string of the molecule is CCC[C@]12CC3CC(C(=O)NC4CCNCC4C)(C1)C[C@@](c1ccccc1)(C3)C2. The number of nitrogens with one attached hydrogen (secondary N) is 2. The van der Waals surface area contributed by atoms with Gasteiger partial charge in [0.15, 0.2) is 0 Å². The maximum atomic E-state index is 13.9. The standard InChI is InChI=1S/C26H38N2O/c1-3-10-24-12-20-13-25(16-24,21-7-5-4-6-8-21)18-26(14-20,17-24)23(29)28-22-9-11-27-15-19(22)2/h4-8,19-20,22,27H,3,9-18H2,1-2H3,(H,28,29)/t19?,20?,22?,24-,25-,26?/m1/s1. The van der Waals surface area contributed by atoms with E-state index in [2.05, 4.69) is 54.8 Å². The fraction of sp³-hybridized carbons (Fsp3) is 0.731. The number of carbonyl (C=O) groups is 1. The first-order valence-corrected chi connectivity index (χ1v) is 12.1. The zero-order valence-electron chi connectivity index (χ0n) is 18.3. The third kappa shape index (κ3) is 3.24. The van der Waals surface area contributed by atoms with Gasteiger partial charge in [0.25, 0.3) is 0 Å². The number of amides is 1. The molecule has 1 saturated heterocycles. The van der Waals surface area contributed by atoms with Crippen molar-refractivity contribution >= 4 is 5.91 Å². The van der Waals surface area contributed by atoms with E-state index >= 15 is 0 Å². The van der Waals surface area contributed by atoms with Crippen LogP contribution in [0, 0.1) is 22.7 Å². The zero-order chi connectivity index (χ0) is 20.1. The van der Waals surface area contributed by atoms with Gasteiger partial charge in [-0.1, -0.05) is 50.6 Å². The number of piperidine rings is 1. The molecule has 1 heterocycles. The van der Waals surface area contributed by atoms with Crippen LogP contribution >= 0.6 is 0 Å². The molecule has 3 nitrogen and oxygen atoms in total. The van der Waals surface area contributed by atoms with Crippen molar-refractivity contribution in [3.63, 3.8) is 0 Å². The Morgan fingerprint density at radius 1 is 1.14 bits per heavy atom. The number of carbonyl (C=O) groups excluding carboxylic acids is 1. The molecule has 4 unspecified atom stereocenters. The third-order valence-corrected chi connectivity index (χ3v) is 8.93. The van der Waals surface area contributed by atoms with Gasteiger partial charge in [0, 0.05) is 6.04 Å². The second-order valence-corrected chi connectivity index (χ2v) is 11.2. The Morgan fingerprint density at radius 3 is 2.72 bits per heavy atom. The first-order chi connectivity index (χ1) is 14.0. The van der Waals surface area contributed by atoms with Gasteiger partial charge in [0.05, 0.1) is 5.41 Å². The Bertz CT molecular complexity index is 763. The number of hydrogen-bond donors (Lipinski definition) is 2. The molecule has 4 bridgehead atoms. The van der Waals surface area contributed by atoms with E-state index in [1.807, 2.05) is 0 Å². The van der Waals surface area contributed by atoms with Crippen LogP contribution in [0.1, 0.15) is 77.2 Å². The van der Waals surface area contributed by atoms with Crippen LogP contribution < -0.4 is 10.6 Å². The summed E-state index contributed by atoms with van der Waals surface area (Å²) in [6, 6.07) is 11.5. The Hall–Kier alpha value is -1.35. The zero-order valence-corrected chi connectivity index (χ0v) is 18.3. The van der Waals surface area contributed by atoms with E-state index in [0.717, 1.165) is 38.8 Å². The van der Waals surface area contributed by atoms with Gasteiger partial charge in [-0.2, -0.15) is 0 Å². The lowest BCUT2D eigenvalue weighted by Gasteiger charge is -2.66. The number of benzene rings is 1. The molecule has 3 heteroatoms. The molecule has 29 heavy (non-hydrogen) atoms. The molecule has 0 radical (unpaired) electrons. The van der Waals surface area contributed by atoms with Gasteiger partial charge < -0.3 is 10.6 Å². The van der Waals surface area contributed by atoms with Gasteiger partial charge in [-0.25, -0.2) is 0 Å². The summed E-state index contributed by atoms with van der Waals surface area (Å²) < 4.78 is 0. The lowest BCUT2D eigenvalue weighted by molar-refractivity contribution is -0.165. The van der Waals surface area contributed by atoms with E-state index in [1.165, 1.54) is 37.7 Å². The molecule has 2 N–H and O–H groups in total. The number of hydrogen-bond acceptors (Lipinski definition) is 2. The van der Waals surface area contributed by atoms with E-state index in [4.69, 9.17) is 0 Å². The normalized spacial score (nSPS) is 43.3. The monoisotopic (exact) mass is 394 g/mol. The summed E-state index contributed by atoms with van der Waals surface area (Å²) in [5, 5.41) is 7.05. The van der Waals surface area contributed by atoms with Crippen LogP contribution in [0.25, 0.3) is 0 Å². The minimum absolute atomic E-state index is 0.144. The van der Waals surface area contributed by atoms with Crippen molar-refractivity contribution in [1.82, 2.24) is 10.6 Å². The molecule has 1 aromatic rings. The molecule has 5 fully saturated rings. The van der Waals surface area contributed by atoms with Crippen LogP contribution in [-0.4, -0.2) is 25.0 Å². The van der Waals surface area contributed by atoms with Crippen molar-refractivity contribution in [2.24, 2.45) is 22.7 Å². The maximum Gasteiger partial charge on any atom is 0.226 e. The van der Waals surface area contributed by atoms with Crippen LogP contribution in [0.2, 0.25) is 0 Å². The molecule has 1 amide bonds. The first-order valence-electron chi connectivity index (χ1n) is 12.1. The summed E-state index contributed by atoms with van der Waals surface area (Å²) in [5.41, 5.74) is 1.94. The van der Waals surface area contributed by atoms with E-state index in [9.17, 15) is 4.79 Å². The molecule has 158 valence electrons. The maximum absolute atomic E-state index is 13.9. The van der Waals surface area contributed by atoms with Crippen molar-refractivity contribution in [1.29, 1.82) is 0 Å². The smallest absolute Gasteiger partial charge is 0.226 e. The second kappa shape index (κ2) is 7.11. The van der Waals surface area contributed by atoms with Gasteiger partial charge >= 0.3 is 0 Å². The van der Waals surface area contributed by atoms with Crippen LogP contribution in [0.5, 0.6) is 0 Å². The van der Waals surface area contributed by atoms with Gasteiger partial charge in [-0.3, -0.25) is 4.79 Å². The predicted octanol–water partition coefficient (Wildman–Crippen LogP) is 4.81. The Kier molecular flexibility index (Phi) is 4.81. The number of rotatable bonds is 5. The Balaban J connectivity index is 1.48. The van der Waals surface area contributed by atoms with Gasteiger partial charge in [-0.15, -0.1) is 0 Å². The molecule has 5 aliphatic rings. The molecule has 1 aliphatic heterocycles. The minimum atomic E-state index is -0.144. The Labute approximate surface area is 176 Å². The lowest BCUT2D eigenvalue weighted by atomic mass is 9.37. The highest BCUT2D eigenvalue weighted by Crippen LogP contribution is 2.71. The van der Waals surface area contributed by atoms with E-state index in [-0.39, 0.29) is 10.8 Å². The van der Waals surface area contributed by atoms with E-state index < -0.39 is 0 Å². The van der Waals surface area contributed by atoms with Crippen LogP contribution in [-0.2, 0) is 10.2 Å². The summed E-state index contributed by atoms with van der Waals surface area (Å²) in [5.74, 6) is 1.63. The molecule has 6 rings (SSSR count). The average molecular weight is 395 g/mol. The predicted molar refractivity (Wildman–Crippen MR) is 118 cm³/mol. The summed E-state index contributed by atoms with van der Waals surface area (Å²) in [6.07, 6.45) is 10.9. The molecule has 4 saturated carbocycles. The summed E-state index contributed by atoms with van der Waals surface area (Å²) in [7, 11) is 0. The highest BCUT2D eigenvalue weighted by atomic mass is 16.2. The fourth-order valence-corrected chi connectivity index (χ4v) is 8.36. The van der Waals surface area contributed by atoms with Crippen molar-refractivity contribution in [3.8, 4) is 0 Å². The van der Waals surface area contributed by atoms with Crippen molar-refractivity contribution in [2.75, 3.05) is 13.1 Å². The summed E-state index contributed by atoms with van der Waals surface area (Å²) in [6.45, 7) is 6.66. The lowest BCUT2D eigenvalue weighted by Crippen LogP contribution is -2.64. The highest BCUT2D eigenvalue weighted by molar-refractivity contribution is 5.84. The fourth-order valence-electron chi connectivity index (χ4n) is 8.36. The van der Waals surface area contributed by atoms with Gasteiger partial charge in [0.1, 0.15) is 0 Å². The van der Waals surface area contributed by atoms with Crippen molar-refractivity contribution < 1.29 is 4.79 Å². The Morgan fingerprint density at radius 2 is 1.97 bits per heavy atom.